The fourth-order valence-corrected chi connectivity index (χ4v) is 5.58. The summed E-state index contributed by atoms with van der Waals surface area (Å²) in [7, 11) is 0. The summed E-state index contributed by atoms with van der Waals surface area (Å²) in [6, 6.07) is 8.95. The minimum Gasteiger partial charge on any atom is -0.484 e. The lowest BCUT2D eigenvalue weighted by atomic mass is 9.88. The number of hydrogen-bond acceptors (Lipinski definition) is 4. The van der Waals surface area contributed by atoms with Gasteiger partial charge in [-0.15, -0.1) is 11.8 Å². The Kier molecular flexibility index (Phi) is 4.51. The van der Waals surface area contributed by atoms with E-state index in [1.54, 1.807) is 23.9 Å². The maximum absolute atomic E-state index is 12.5. The molecule has 5 nitrogen and oxygen atoms in total. The van der Waals surface area contributed by atoms with Gasteiger partial charge in [-0.3, -0.25) is 9.59 Å². The van der Waals surface area contributed by atoms with Crippen LogP contribution in [0, 0.1) is 5.92 Å². The number of nitrogens with one attached hydrogen (secondary N) is 1. The van der Waals surface area contributed by atoms with Gasteiger partial charge in [-0.1, -0.05) is 32.0 Å². The smallest absolute Gasteiger partial charge is 0.258 e. The lowest BCUT2D eigenvalue weighted by molar-refractivity contribution is -0.152. The van der Waals surface area contributed by atoms with E-state index in [4.69, 9.17) is 4.74 Å². The van der Waals surface area contributed by atoms with Crippen LogP contribution >= 0.6 is 11.8 Å². The van der Waals surface area contributed by atoms with Gasteiger partial charge < -0.3 is 15.0 Å². The van der Waals surface area contributed by atoms with E-state index in [0.29, 0.717) is 11.7 Å². The van der Waals surface area contributed by atoms with Gasteiger partial charge in [0.05, 0.1) is 0 Å². The Hall–Kier alpha value is -1.69. The molecule has 1 N–H and O–H groups in total. The molecule has 0 bridgehead atoms. The molecule has 6 heteroatoms. The number of rotatable bonds is 5. The molecule has 0 saturated carbocycles. The summed E-state index contributed by atoms with van der Waals surface area (Å²) in [6.07, 6.45) is 0. The molecule has 2 saturated heterocycles. The van der Waals surface area contributed by atoms with Crippen LogP contribution in [0.1, 0.15) is 27.7 Å². The first-order valence-corrected chi connectivity index (χ1v) is 9.16. The summed E-state index contributed by atoms with van der Waals surface area (Å²) < 4.78 is 5.43. The van der Waals surface area contributed by atoms with E-state index in [2.05, 4.69) is 33.0 Å². The van der Waals surface area contributed by atoms with Crippen molar-refractivity contribution in [3.05, 3.63) is 30.3 Å². The molecule has 3 unspecified atom stereocenters. The SMILES string of the molecule is CC(C)C1N2C(=O)C(NC(=O)COc3ccccc3)C2SC1(C)C. The highest BCUT2D eigenvalue weighted by Gasteiger charge is 2.62. The minimum atomic E-state index is -0.440. The van der Waals surface area contributed by atoms with Crippen molar-refractivity contribution in [1.29, 1.82) is 0 Å². The number of benzene rings is 1. The number of ether oxygens (including phenoxy) is 1. The highest BCUT2D eigenvalue weighted by molar-refractivity contribution is 8.01. The van der Waals surface area contributed by atoms with Gasteiger partial charge in [-0.25, -0.2) is 0 Å². The fraction of sp³-hybridized carbons (Fsp3) is 0.556. The topological polar surface area (TPSA) is 58.6 Å². The average Bonchev–Trinajstić information content (AvgIpc) is 2.80. The van der Waals surface area contributed by atoms with Crippen LogP contribution in [0.4, 0.5) is 0 Å². The van der Waals surface area contributed by atoms with Gasteiger partial charge in [0.25, 0.3) is 5.91 Å². The first-order valence-electron chi connectivity index (χ1n) is 8.28. The van der Waals surface area contributed by atoms with Gasteiger partial charge in [-0.05, 0) is 31.9 Å². The Bertz CT molecular complexity index is 632. The standard InChI is InChI=1S/C18H24N2O3S/c1-11(2)15-18(3,4)24-17-14(16(22)20(15)17)19-13(21)10-23-12-8-6-5-7-9-12/h5-9,11,14-15,17H,10H2,1-4H3,(H,19,21). The molecule has 1 aromatic carbocycles. The van der Waals surface area contributed by atoms with Crippen molar-refractivity contribution < 1.29 is 14.3 Å². The molecule has 0 aromatic heterocycles. The van der Waals surface area contributed by atoms with Crippen LogP contribution < -0.4 is 10.1 Å². The third-order valence-corrected chi connectivity index (χ3v) is 6.17. The van der Waals surface area contributed by atoms with E-state index in [-0.39, 0.29) is 34.6 Å². The molecular weight excluding hydrogens is 324 g/mol. The number of nitrogens with zero attached hydrogens (tertiary/aromatic N) is 1. The maximum atomic E-state index is 12.5. The molecule has 2 heterocycles. The molecule has 3 rings (SSSR count). The summed E-state index contributed by atoms with van der Waals surface area (Å²) in [6.45, 7) is 8.54. The monoisotopic (exact) mass is 348 g/mol. The average molecular weight is 348 g/mol. The second-order valence-electron chi connectivity index (χ2n) is 7.19. The second kappa shape index (κ2) is 6.31. The number of carbonyl (C=O) groups is 2. The van der Waals surface area contributed by atoms with Crippen LogP contribution in [0.2, 0.25) is 0 Å². The Labute approximate surface area is 147 Å². The van der Waals surface area contributed by atoms with Crippen LogP contribution in [0.15, 0.2) is 30.3 Å². The van der Waals surface area contributed by atoms with Gasteiger partial charge >= 0.3 is 0 Å². The highest BCUT2D eigenvalue weighted by atomic mass is 32.2. The van der Waals surface area contributed by atoms with Crippen LogP contribution in [0.25, 0.3) is 0 Å². The summed E-state index contributed by atoms with van der Waals surface area (Å²) >= 11 is 1.77. The molecule has 2 aliphatic rings. The number of fused-ring (bicyclic) bond motifs is 1. The molecule has 0 radical (unpaired) electrons. The van der Waals surface area contributed by atoms with Gasteiger partial charge in [0, 0.05) is 10.8 Å². The fourth-order valence-electron chi connectivity index (χ4n) is 3.76. The number of para-hydroxylation sites is 1. The molecular formula is C18H24N2O3S. The molecule has 130 valence electrons. The molecule has 0 spiro atoms. The minimum absolute atomic E-state index is 0.00545. The molecule has 0 aliphatic carbocycles. The van der Waals surface area contributed by atoms with Crippen molar-refractivity contribution in [2.45, 2.75) is 49.9 Å². The first kappa shape index (κ1) is 17.1. The van der Waals surface area contributed by atoms with E-state index < -0.39 is 6.04 Å². The van der Waals surface area contributed by atoms with Gasteiger partial charge in [0.1, 0.15) is 17.2 Å². The van der Waals surface area contributed by atoms with Crippen LogP contribution in [0.5, 0.6) is 5.75 Å². The number of hydrogen-bond donors (Lipinski definition) is 1. The summed E-state index contributed by atoms with van der Waals surface area (Å²) in [5.74, 6) is 0.790. The predicted octanol–water partition coefficient (Wildman–Crippen LogP) is 2.27. The molecule has 3 atom stereocenters. The molecule has 24 heavy (non-hydrogen) atoms. The van der Waals surface area contributed by atoms with Crippen LogP contribution in [-0.2, 0) is 9.59 Å². The zero-order chi connectivity index (χ0) is 17.5. The molecule has 2 fully saturated rings. The lowest BCUT2D eigenvalue weighted by Crippen LogP contribution is -2.70. The van der Waals surface area contributed by atoms with Gasteiger partial charge in [0.2, 0.25) is 5.91 Å². The second-order valence-corrected chi connectivity index (χ2v) is 8.96. The number of β-lactam (4-membered cyclic amide) rings is 1. The van der Waals surface area contributed by atoms with Crippen molar-refractivity contribution in [2.24, 2.45) is 5.92 Å². The molecule has 1 aromatic rings. The third-order valence-electron chi connectivity index (χ3n) is 4.58. The van der Waals surface area contributed by atoms with Crippen molar-refractivity contribution in [2.75, 3.05) is 6.61 Å². The quantitative estimate of drug-likeness (QED) is 0.830. The Morgan fingerprint density at radius 1 is 1.33 bits per heavy atom. The van der Waals surface area contributed by atoms with E-state index >= 15 is 0 Å². The van der Waals surface area contributed by atoms with E-state index in [1.807, 2.05) is 23.1 Å². The van der Waals surface area contributed by atoms with Gasteiger partial charge in [-0.2, -0.15) is 0 Å². The number of carbonyl (C=O) groups excluding carboxylic acids is 2. The predicted molar refractivity (Wildman–Crippen MR) is 94.8 cm³/mol. The Morgan fingerprint density at radius 2 is 2.00 bits per heavy atom. The first-order chi connectivity index (χ1) is 11.3. The molecule has 2 amide bonds. The van der Waals surface area contributed by atoms with Crippen molar-refractivity contribution in [3.8, 4) is 5.75 Å². The largest absolute Gasteiger partial charge is 0.484 e. The summed E-state index contributed by atoms with van der Waals surface area (Å²) in [5, 5.41) is 2.86. The number of amides is 2. The Morgan fingerprint density at radius 3 is 2.62 bits per heavy atom. The summed E-state index contributed by atoms with van der Waals surface area (Å²) in [5.41, 5.74) is 0. The third kappa shape index (κ3) is 2.99. The normalized spacial score (nSPS) is 27.6. The van der Waals surface area contributed by atoms with E-state index in [1.165, 1.54) is 0 Å². The highest BCUT2D eigenvalue weighted by Crippen LogP contribution is 2.52. The van der Waals surface area contributed by atoms with Gasteiger partial charge in [0.15, 0.2) is 6.61 Å². The van der Waals surface area contributed by atoms with Crippen molar-refractivity contribution in [3.63, 3.8) is 0 Å². The summed E-state index contributed by atoms with van der Waals surface area (Å²) in [4.78, 5) is 26.6. The van der Waals surface area contributed by atoms with E-state index in [9.17, 15) is 9.59 Å². The van der Waals surface area contributed by atoms with Crippen LogP contribution in [0.3, 0.4) is 0 Å². The van der Waals surface area contributed by atoms with Crippen molar-refractivity contribution in [1.82, 2.24) is 10.2 Å². The maximum Gasteiger partial charge on any atom is 0.258 e. The van der Waals surface area contributed by atoms with Crippen molar-refractivity contribution >= 4 is 23.6 Å². The molecule has 2 aliphatic heterocycles. The lowest BCUT2D eigenvalue weighted by Gasteiger charge is -2.46. The number of thioether (sulfide) groups is 1. The zero-order valence-electron chi connectivity index (χ0n) is 14.5. The van der Waals surface area contributed by atoms with Crippen LogP contribution in [-0.4, -0.2) is 45.5 Å². The Balaban J connectivity index is 1.58. The zero-order valence-corrected chi connectivity index (χ0v) is 15.3. The van der Waals surface area contributed by atoms with E-state index in [0.717, 1.165) is 0 Å².